The van der Waals surface area contributed by atoms with E-state index in [1.165, 1.54) is 17.8 Å². The van der Waals surface area contributed by atoms with Crippen molar-refractivity contribution in [3.8, 4) is 11.3 Å². The first-order valence-electron chi connectivity index (χ1n) is 9.72. The summed E-state index contributed by atoms with van der Waals surface area (Å²) in [6, 6.07) is 8.84. The lowest BCUT2D eigenvalue weighted by atomic mass is 9.99. The van der Waals surface area contributed by atoms with E-state index in [2.05, 4.69) is 39.1 Å². The van der Waals surface area contributed by atoms with Crippen molar-refractivity contribution in [2.24, 2.45) is 5.92 Å². The predicted molar refractivity (Wildman–Crippen MR) is 113 cm³/mol. The number of likely N-dealkylation sites (tertiary alicyclic amines) is 1. The van der Waals surface area contributed by atoms with Crippen LogP contribution in [0.25, 0.3) is 21.6 Å². The quantitative estimate of drug-likeness (QED) is 0.701. The first kappa shape index (κ1) is 19.0. The van der Waals surface area contributed by atoms with E-state index in [1.54, 1.807) is 12.4 Å². The van der Waals surface area contributed by atoms with Crippen LogP contribution in [0.2, 0.25) is 0 Å². The van der Waals surface area contributed by atoms with Gasteiger partial charge in [0.1, 0.15) is 10.3 Å². The minimum atomic E-state index is -0.0508. The first-order chi connectivity index (χ1) is 13.5. The third kappa shape index (κ3) is 3.91. The number of nitrogens with zero attached hydrogens (tertiary/aromatic N) is 4. The van der Waals surface area contributed by atoms with Crippen LogP contribution in [0.1, 0.15) is 33.1 Å². The Morgan fingerprint density at radius 1 is 1.25 bits per heavy atom. The molecule has 4 rings (SSSR count). The summed E-state index contributed by atoms with van der Waals surface area (Å²) in [7, 11) is 2.16. The van der Waals surface area contributed by atoms with Gasteiger partial charge in [-0.25, -0.2) is 9.97 Å². The van der Waals surface area contributed by atoms with Crippen molar-refractivity contribution >= 4 is 32.7 Å². The fourth-order valence-electron chi connectivity index (χ4n) is 3.78. The highest BCUT2D eigenvalue weighted by atomic mass is 32.1. The smallest absolute Gasteiger partial charge is 0.229 e. The lowest BCUT2D eigenvalue weighted by Gasteiger charge is -2.25. The zero-order valence-corrected chi connectivity index (χ0v) is 17.2. The van der Waals surface area contributed by atoms with Crippen LogP contribution < -0.4 is 5.32 Å². The minimum absolute atomic E-state index is 0.0290. The molecule has 0 aromatic carbocycles. The van der Waals surface area contributed by atoms with Gasteiger partial charge in [-0.1, -0.05) is 18.3 Å². The molecule has 1 saturated heterocycles. The monoisotopic (exact) mass is 395 g/mol. The number of carbonyl (C=O) groups is 1. The minimum Gasteiger partial charge on any atom is -0.302 e. The van der Waals surface area contributed by atoms with Gasteiger partial charge in [-0.3, -0.25) is 9.78 Å². The highest BCUT2D eigenvalue weighted by Gasteiger charge is 2.30. The third-order valence-corrected chi connectivity index (χ3v) is 6.60. The van der Waals surface area contributed by atoms with E-state index >= 15 is 0 Å². The third-order valence-electron chi connectivity index (χ3n) is 5.72. The second-order valence-corrected chi connectivity index (χ2v) is 8.62. The Kier molecular flexibility index (Phi) is 5.37. The molecule has 3 atom stereocenters. The molecular weight excluding hydrogens is 370 g/mol. The molecule has 1 aliphatic heterocycles. The highest BCUT2D eigenvalue weighted by molar-refractivity contribution is 7.22. The van der Waals surface area contributed by atoms with Gasteiger partial charge in [-0.2, -0.15) is 0 Å². The Morgan fingerprint density at radius 3 is 2.75 bits per heavy atom. The number of nitrogens with one attached hydrogen (secondary N) is 1. The number of amides is 1. The van der Waals surface area contributed by atoms with Crippen LogP contribution in [0, 0.1) is 5.92 Å². The summed E-state index contributed by atoms with van der Waals surface area (Å²) >= 11 is 1.42. The molecule has 0 spiro atoms. The van der Waals surface area contributed by atoms with Crippen molar-refractivity contribution in [2.75, 3.05) is 12.4 Å². The standard InChI is InChI=1S/C21H25N5OS/c1-13(12-16-5-4-14(2)26(16)3)19(27)25-21-24-18-7-6-17(23-20(18)28-21)15-8-10-22-11-9-15/h6-11,13-14,16H,4-5,12H2,1-3H3,(H,24,25,27). The van der Waals surface area contributed by atoms with Gasteiger partial charge >= 0.3 is 0 Å². The average Bonchev–Trinajstić information content (AvgIpc) is 3.25. The zero-order valence-electron chi connectivity index (χ0n) is 16.4. The molecule has 0 saturated carbocycles. The van der Waals surface area contributed by atoms with Gasteiger partial charge in [-0.05, 0) is 57.5 Å². The maximum atomic E-state index is 12.7. The molecule has 0 aliphatic carbocycles. The number of hydrogen-bond donors (Lipinski definition) is 1. The van der Waals surface area contributed by atoms with Crippen LogP contribution in [0.15, 0.2) is 36.7 Å². The van der Waals surface area contributed by atoms with Gasteiger partial charge in [-0.15, -0.1) is 0 Å². The topological polar surface area (TPSA) is 71.0 Å². The van der Waals surface area contributed by atoms with Gasteiger partial charge in [0, 0.05) is 36.0 Å². The fourth-order valence-corrected chi connectivity index (χ4v) is 4.62. The number of fused-ring (bicyclic) bond motifs is 1. The number of anilines is 1. The molecule has 1 amide bonds. The van der Waals surface area contributed by atoms with Crippen LogP contribution in [0.3, 0.4) is 0 Å². The van der Waals surface area contributed by atoms with E-state index < -0.39 is 0 Å². The van der Waals surface area contributed by atoms with E-state index in [0.29, 0.717) is 17.2 Å². The fraction of sp³-hybridized carbons (Fsp3) is 0.429. The number of hydrogen-bond acceptors (Lipinski definition) is 6. The van der Waals surface area contributed by atoms with Gasteiger partial charge < -0.3 is 10.2 Å². The number of thiazole rings is 1. The maximum Gasteiger partial charge on any atom is 0.229 e. The highest BCUT2D eigenvalue weighted by Crippen LogP contribution is 2.29. The Hall–Kier alpha value is -2.38. The summed E-state index contributed by atoms with van der Waals surface area (Å²) in [6.45, 7) is 4.25. The van der Waals surface area contributed by atoms with Crippen LogP contribution in [-0.4, -0.2) is 44.9 Å². The van der Waals surface area contributed by atoms with Crippen LogP contribution >= 0.6 is 11.3 Å². The first-order valence-corrected chi connectivity index (χ1v) is 10.5. The van der Waals surface area contributed by atoms with Gasteiger partial charge in [0.2, 0.25) is 5.91 Å². The number of aromatic nitrogens is 3. The molecular formula is C21H25N5OS. The molecule has 0 radical (unpaired) electrons. The Labute approximate surface area is 169 Å². The van der Waals surface area contributed by atoms with Crippen LogP contribution in [-0.2, 0) is 4.79 Å². The molecule has 1 N–H and O–H groups in total. The van der Waals surface area contributed by atoms with E-state index in [9.17, 15) is 4.79 Å². The van der Waals surface area contributed by atoms with Crippen molar-refractivity contribution in [3.05, 3.63) is 36.7 Å². The van der Waals surface area contributed by atoms with E-state index in [0.717, 1.165) is 34.4 Å². The molecule has 28 heavy (non-hydrogen) atoms. The largest absolute Gasteiger partial charge is 0.302 e. The maximum absolute atomic E-state index is 12.7. The zero-order chi connectivity index (χ0) is 19.7. The lowest BCUT2D eigenvalue weighted by molar-refractivity contribution is -0.119. The second kappa shape index (κ2) is 7.93. The summed E-state index contributed by atoms with van der Waals surface area (Å²) in [5, 5.41) is 3.60. The molecule has 4 heterocycles. The summed E-state index contributed by atoms with van der Waals surface area (Å²) in [5.41, 5.74) is 2.69. The molecule has 1 fully saturated rings. The lowest BCUT2D eigenvalue weighted by Crippen LogP contribution is -2.34. The summed E-state index contributed by atoms with van der Waals surface area (Å²) < 4.78 is 0. The summed E-state index contributed by atoms with van der Waals surface area (Å²) in [4.78, 5) is 29.1. The van der Waals surface area contributed by atoms with Crippen molar-refractivity contribution in [3.63, 3.8) is 0 Å². The Bertz CT molecular complexity index is 973. The average molecular weight is 396 g/mol. The molecule has 7 heteroatoms. The van der Waals surface area contributed by atoms with E-state index in [-0.39, 0.29) is 11.8 Å². The van der Waals surface area contributed by atoms with Crippen molar-refractivity contribution in [1.29, 1.82) is 0 Å². The van der Waals surface area contributed by atoms with Crippen molar-refractivity contribution in [2.45, 2.75) is 45.2 Å². The molecule has 3 unspecified atom stereocenters. The predicted octanol–water partition coefficient (Wildman–Crippen LogP) is 4.20. The normalized spacial score (nSPS) is 21.1. The summed E-state index contributed by atoms with van der Waals surface area (Å²) in [5.74, 6) is -0.0218. The molecule has 3 aromatic heterocycles. The molecule has 0 bridgehead atoms. The second-order valence-electron chi connectivity index (χ2n) is 7.65. The van der Waals surface area contributed by atoms with Crippen molar-refractivity contribution in [1.82, 2.24) is 19.9 Å². The molecule has 1 aliphatic rings. The Morgan fingerprint density at radius 2 is 2.04 bits per heavy atom. The van der Waals surface area contributed by atoms with E-state index in [1.807, 2.05) is 31.2 Å². The molecule has 3 aromatic rings. The molecule has 6 nitrogen and oxygen atoms in total. The Balaban J connectivity index is 1.45. The van der Waals surface area contributed by atoms with Gasteiger partial charge in [0.25, 0.3) is 0 Å². The van der Waals surface area contributed by atoms with Crippen LogP contribution in [0.4, 0.5) is 5.13 Å². The van der Waals surface area contributed by atoms with Gasteiger partial charge in [0.15, 0.2) is 5.13 Å². The summed E-state index contributed by atoms with van der Waals surface area (Å²) in [6.07, 6.45) is 6.76. The number of carbonyl (C=O) groups excluding carboxylic acids is 1. The SMILES string of the molecule is CC(CC1CCC(C)N1C)C(=O)Nc1nc2ccc(-c3ccncc3)nc2s1. The van der Waals surface area contributed by atoms with Crippen molar-refractivity contribution < 1.29 is 4.79 Å². The van der Waals surface area contributed by atoms with Crippen LogP contribution in [0.5, 0.6) is 0 Å². The van der Waals surface area contributed by atoms with E-state index in [4.69, 9.17) is 0 Å². The van der Waals surface area contributed by atoms with Gasteiger partial charge in [0.05, 0.1) is 5.69 Å². The number of rotatable bonds is 5. The molecule has 146 valence electrons. The number of pyridine rings is 2.